The van der Waals surface area contributed by atoms with Crippen LogP contribution in [0.2, 0.25) is 0 Å². The number of phenols is 3. The summed E-state index contributed by atoms with van der Waals surface area (Å²) in [6, 6.07) is 5.38. The predicted molar refractivity (Wildman–Crippen MR) is 154 cm³/mol. The van der Waals surface area contributed by atoms with Gasteiger partial charge in [0.2, 0.25) is 0 Å². The molecule has 2 amide bonds. The van der Waals surface area contributed by atoms with Crippen LogP contribution in [0.3, 0.4) is 0 Å². The molecule has 7 rings (SSSR count). The molecule has 0 aliphatic carbocycles. The van der Waals surface area contributed by atoms with Crippen molar-refractivity contribution in [2.24, 2.45) is 0 Å². The molecular weight excluding hydrogens is 596 g/mol. The highest BCUT2D eigenvalue weighted by Gasteiger charge is 2.47. The van der Waals surface area contributed by atoms with Gasteiger partial charge in [-0.05, 0) is 18.2 Å². The second-order valence-electron chi connectivity index (χ2n) is 11.2. The molecular formula is C29H28N4O12. The molecule has 5 aromatic rings. The summed E-state index contributed by atoms with van der Waals surface area (Å²) in [7, 11) is 0. The lowest BCUT2D eigenvalue weighted by Crippen LogP contribution is -2.56. The van der Waals surface area contributed by atoms with Crippen molar-refractivity contribution < 1.29 is 60.3 Å². The van der Waals surface area contributed by atoms with Gasteiger partial charge >= 0.3 is 0 Å². The Bertz CT molecular complexity index is 2050. The van der Waals surface area contributed by atoms with E-state index in [1.807, 2.05) is 0 Å². The van der Waals surface area contributed by atoms with Gasteiger partial charge in [0.15, 0.2) is 6.23 Å². The number of aliphatic hydroxyl groups is 6. The standard InChI is InChI=1S/C29H28N4O12/c34-6-9(7-35)31-33-27(43)19-17-12-2-1-10(37)4-14(12)30-21(17)23-18(20(19)28(33)44)13-3-11(38)5-15(39)22(13)32(23)29-26(42)25(41)24(40)16(8-36)45-29/h1-5,9,16,24-26,29-31,34-42H,6-8H2/t16-,24-,25+,26-,29-/m1/s1. The fraction of sp³-hybridized carbons (Fsp3) is 0.310. The van der Waals surface area contributed by atoms with E-state index in [2.05, 4.69) is 10.4 Å². The summed E-state index contributed by atoms with van der Waals surface area (Å²) in [6.45, 7) is -2.01. The number of imide groups is 1. The first kappa shape index (κ1) is 29.2. The number of aliphatic hydroxyl groups excluding tert-OH is 6. The predicted octanol–water partition coefficient (Wildman–Crippen LogP) is -1.03. The van der Waals surface area contributed by atoms with Crippen molar-refractivity contribution in [2.45, 2.75) is 36.7 Å². The number of phenolic OH excluding ortho intramolecular Hbond substituents is 3. The van der Waals surface area contributed by atoms with Gasteiger partial charge in [-0.3, -0.25) is 9.59 Å². The number of benzene rings is 3. The lowest BCUT2D eigenvalue weighted by Gasteiger charge is -2.41. The maximum Gasteiger partial charge on any atom is 0.276 e. The number of H-pyrrole nitrogens is 1. The van der Waals surface area contributed by atoms with Crippen molar-refractivity contribution in [3.05, 3.63) is 41.5 Å². The van der Waals surface area contributed by atoms with E-state index in [4.69, 9.17) is 4.74 Å². The number of aromatic nitrogens is 2. The van der Waals surface area contributed by atoms with Gasteiger partial charge in [0.25, 0.3) is 11.8 Å². The molecule has 0 radical (unpaired) electrons. The Morgan fingerprint density at radius 3 is 2.18 bits per heavy atom. The Morgan fingerprint density at radius 2 is 1.51 bits per heavy atom. The molecule has 11 N–H and O–H groups in total. The van der Waals surface area contributed by atoms with Crippen molar-refractivity contribution in [1.29, 1.82) is 0 Å². The summed E-state index contributed by atoms with van der Waals surface area (Å²) in [5, 5.41) is 94.8. The van der Waals surface area contributed by atoms with Crippen molar-refractivity contribution in [1.82, 2.24) is 20.0 Å². The SMILES string of the molecule is O=C1c2c(c3c4cc(O)cc(O)c4n([C@@H]4O[C@H](CO)[C@@H](O)[C@H](O)[C@H]4O)c3c3[nH]c4cc(O)ccc4c23)C(=O)N1NC(CO)CO. The van der Waals surface area contributed by atoms with Crippen molar-refractivity contribution in [2.75, 3.05) is 19.8 Å². The van der Waals surface area contributed by atoms with E-state index in [-0.39, 0.29) is 49.6 Å². The van der Waals surface area contributed by atoms with Gasteiger partial charge in [0.1, 0.15) is 41.7 Å². The Labute approximate surface area is 251 Å². The molecule has 5 atom stereocenters. The first-order chi connectivity index (χ1) is 21.5. The van der Waals surface area contributed by atoms with Crippen LogP contribution in [-0.2, 0) is 4.74 Å². The smallest absolute Gasteiger partial charge is 0.276 e. The number of aromatic hydroxyl groups is 3. The Kier molecular flexibility index (Phi) is 6.66. The second-order valence-corrected chi connectivity index (χ2v) is 11.2. The van der Waals surface area contributed by atoms with E-state index in [1.165, 1.54) is 28.8 Å². The highest BCUT2D eigenvalue weighted by atomic mass is 16.6. The first-order valence-electron chi connectivity index (χ1n) is 13.9. The van der Waals surface area contributed by atoms with Gasteiger partial charge in [-0.2, -0.15) is 0 Å². The maximum atomic E-state index is 14.1. The molecule has 0 saturated carbocycles. The monoisotopic (exact) mass is 624 g/mol. The molecule has 2 aromatic heterocycles. The fourth-order valence-corrected chi connectivity index (χ4v) is 6.51. The normalized spacial score (nSPS) is 23.9. The maximum absolute atomic E-state index is 14.1. The summed E-state index contributed by atoms with van der Waals surface area (Å²) in [5.74, 6) is -2.84. The third kappa shape index (κ3) is 3.95. The van der Waals surface area contributed by atoms with E-state index >= 15 is 0 Å². The number of hydrogen-bond donors (Lipinski definition) is 11. The number of nitrogens with one attached hydrogen (secondary N) is 2. The number of fused-ring (bicyclic) bond motifs is 10. The van der Waals surface area contributed by atoms with Crippen LogP contribution >= 0.6 is 0 Å². The Morgan fingerprint density at radius 1 is 0.822 bits per heavy atom. The molecule has 0 unspecified atom stereocenters. The minimum atomic E-state index is -1.85. The largest absolute Gasteiger partial charge is 0.508 e. The molecule has 0 bridgehead atoms. The molecule has 4 heterocycles. The van der Waals surface area contributed by atoms with Crippen LogP contribution in [0.15, 0.2) is 30.3 Å². The van der Waals surface area contributed by atoms with Crippen molar-refractivity contribution in [3.8, 4) is 17.2 Å². The summed E-state index contributed by atoms with van der Waals surface area (Å²) in [6.07, 6.45) is -8.35. The molecule has 3 aromatic carbocycles. The van der Waals surface area contributed by atoms with Gasteiger partial charge in [-0.15, -0.1) is 0 Å². The topological polar surface area (TPSA) is 261 Å². The Balaban J connectivity index is 1.67. The lowest BCUT2D eigenvalue weighted by molar-refractivity contribution is -0.249. The van der Waals surface area contributed by atoms with Gasteiger partial charge in [-0.25, -0.2) is 10.4 Å². The van der Waals surface area contributed by atoms with Crippen molar-refractivity contribution in [3.63, 3.8) is 0 Å². The zero-order chi connectivity index (χ0) is 32.1. The number of ether oxygens (including phenoxy) is 1. The fourth-order valence-electron chi connectivity index (χ4n) is 6.51. The van der Waals surface area contributed by atoms with Crippen LogP contribution in [0.5, 0.6) is 17.2 Å². The molecule has 2 aliphatic rings. The zero-order valence-corrected chi connectivity index (χ0v) is 23.1. The van der Waals surface area contributed by atoms with E-state index in [9.17, 15) is 55.5 Å². The van der Waals surface area contributed by atoms with Gasteiger partial charge in [-0.1, -0.05) is 0 Å². The number of rotatable bonds is 6. The lowest BCUT2D eigenvalue weighted by atomic mass is 9.96. The van der Waals surface area contributed by atoms with Gasteiger partial charge in [0.05, 0.1) is 59.1 Å². The molecule has 16 heteroatoms. The van der Waals surface area contributed by atoms with Gasteiger partial charge < -0.3 is 60.2 Å². The highest BCUT2D eigenvalue weighted by molar-refractivity contribution is 6.39. The minimum Gasteiger partial charge on any atom is -0.508 e. The molecule has 45 heavy (non-hydrogen) atoms. The molecule has 0 spiro atoms. The first-order valence-corrected chi connectivity index (χ1v) is 13.9. The number of amides is 2. The van der Waals surface area contributed by atoms with E-state index in [1.54, 1.807) is 0 Å². The third-order valence-electron chi connectivity index (χ3n) is 8.54. The summed E-state index contributed by atoms with van der Waals surface area (Å²) in [4.78, 5) is 31.2. The van der Waals surface area contributed by atoms with Crippen LogP contribution < -0.4 is 5.43 Å². The number of carbonyl (C=O) groups excluding carboxylic acids is 2. The van der Waals surface area contributed by atoms with Crippen LogP contribution in [0.1, 0.15) is 26.9 Å². The summed E-state index contributed by atoms with van der Waals surface area (Å²) < 4.78 is 7.13. The molecule has 16 nitrogen and oxygen atoms in total. The summed E-state index contributed by atoms with van der Waals surface area (Å²) in [5.41, 5.74) is 2.68. The average molecular weight is 625 g/mol. The number of aromatic amines is 1. The number of carbonyl (C=O) groups is 2. The third-order valence-corrected chi connectivity index (χ3v) is 8.54. The highest BCUT2D eigenvalue weighted by Crippen LogP contribution is 2.49. The average Bonchev–Trinajstić information content (AvgIpc) is 3.62. The summed E-state index contributed by atoms with van der Waals surface area (Å²) >= 11 is 0. The van der Waals surface area contributed by atoms with Crippen LogP contribution in [0, 0.1) is 0 Å². The minimum absolute atomic E-state index is 0.0126. The molecule has 236 valence electrons. The van der Waals surface area contributed by atoms with E-state index in [0.717, 1.165) is 6.07 Å². The number of nitrogens with zero attached hydrogens (tertiary/aromatic N) is 2. The van der Waals surface area contributed by atoms with Gasteiger partial charge in [0, 0.05) is 33.7 Å². The zero-order valence-electron chi connectivity index (χ0n) is 23.1. The quantitative estimate of drug-likeness (QED) is 0.101. The second kappa shape index (κ2) is 10.3. The number of hydrogen-bond acceptors (Lipinski definition) is 13. The van der Waals surface area contributed by atoms with Crippen LogP contribution in [0.25, 0.3) is 43.6 Å². The van der Waals surface area contributed by atoms with Crippen LogP contribution in [-0.4, -0.2) is 123 Å². The van der Waals surface area contributed by atoms with E-state index < -0.39 is 79.8 Å². The van der Waals surface area contributed by atoms with Crippen molar-refractivity contribution >= 4 is 55.4 Å². The molecule has 1 saturated heterocycles. The number of hydrazine groups is 1. The Hall–Kier alpha value is -4.52. The molecule has 1 fully saturated rings. The van der Waals surface area contributed by atoms with Crippen LogP contribution in [0.4, 0.5) is 0 Å². The van der Waals surface area contributed by atoms with E-state index in [0.29, 0.717) is 15.9 Å². The molecule has 2 aliphatic heterocycles.